The van der Waals surface area contributed by atoms with E-state index in [9.17, 15) is 14.4 Å². The van der Waals surface area contributed by atoms with Crippen LogP contribution in [0.5, 0.6) is 0 Å². The molecular formula is C10H18N2O4. The Morgan fingerprint density at radius 1 is 1.19 bits per heavy atom. The van der Waals surface area contributed by atoms with Crippen LogP contribution in [-0.2, 0) is 14.3 Å². The molecule has 0 saturated heterocycles. The third kappa shape index (κ3) is 6.80. The molecule has 0 unspecified atom stereocenters. The van der Waals surface area contributed by atoms with Crippen LogP contribution in [0.25, 0.3) is 0 Å². The molecule has 0 saturated carbocycles. The minimum Gasteiger partial charge on any atom is -0.444 e. The number of carbonyl (C=O) groups is 3. The Kier molecular flexibility index (Phi) is 4.94. The maximum absolute atomic E-state index is 11.3. The number of hydrogen-bond donors (Lipinski definition) is 2. The van der Waals surface area contributed by atoms with E-state index in [-0.39, 0.29) is 0 Å². The van der Waals surface area contributed by atoms with Crippen molar-refractivity contribution in [2.45, 2.75) is 46.3 Å². The Hall–Kier alpha value is -1.59. The second-order valence-corrected chi connectivity index (χ2v) is 4.41. The van der Waals surface area contributed by atoms with Gasteiger partial charge >= 0.3 is 6.09 Å². The van der Waals surface area contributed by atoms with Gasteiger partial charge in [0, 0.05) is 6.92 Å². The van der Waals surface area contributed by atoms with Gasteiger partial charge in [-0.15, -0.1) is 0 Å². The van der Waals surface area contributed by atoms with Crippen molar-refractivity contribution in [1.82, 2.24) is 10.6 Å². The summed E-state index contributed by atoms with van der Waals surface area (Å²) in [5.74, 6) is -1.04. The number of alkyl carbamates (subject to hydrolysis) is 1. The van der Waals surface area contributed by atoms with Gasteiger partial charge in [-0.1, -0.05) is 0 Å². The van der Waals surface area contributed by atoms with Crippen molar-refractivity contribution in [2.24, 2.45) is 0 Å². The van der Waals surface area contributed by atoms with Crippen molar-refractivity contribution in [2.75, 3.05) is 0 Å². The maximum Gasteiger partial charge on any atom is 0.408 e. The number of carbonyl (C=O) groups excluding carboxylic acids is 3. The molecule has 6 nitrogen and oxygen atoms in total. The highest BCUT2D eigenvalue weighted by molar-refractivity contribution is 5.97. The summed E-state index contributed by atoms with van der Waals surface area (Å²) in [5.41, 5.74) is -0.624. The van der Waals surface area contributed by atoms with E-state index >= 15 is 0 Å². The summed E-state index contributed by atoms with van der Waals surface area (Å²) >= 11 is 0. The number of ether oxygens (including phenoxy) is 1. The first-order valence-corrected chi connectivity index (χ1v) is 4.93. The molecule has 1 atom stereocenters. The number of hydrogen-bond acceptors (Lipinski definition) is 4. The predicted molar refractivity (Wildman–Crippen MR) is 57.7 cm³/mol. The fourth-order valence-electron chi connectivity index (χ4n) is 0.832. The quantitative estimate of drug-likeness (QED) is 0.726. The van der Waals surface area contributed by atoms with Gasteiger partial charge in [0.15, 0.2) is 0 Å². The van der Waals surface area contributed by atoms with Crippen LogP contribution >= 0.6 is 0 Å². The van der Waals surface area contributed by atoms with Crippen molar-refractivity contribution < 1.29 is 19.1 Å². The second kappa shape index (κ2) is 5.48. The van der Waals surface area contributed by atoms with Gasteiger partial charge in [-0.2, -0.15) is 0 Å². The molecule has 3 amide bonds. The van der Waals surface area contributed by atoms with E-state index < -0.39 is 29.6 Å². The molecule has 0 bridgehead atoms. The average Bonchev–Trinajstić information content (AvgIpc) is 1.98. The van der Waals surface area contributed by atoms with Crippen molar-refractivity contribution in [3.8, 4) is 0 Å². The molecule has 16 heavy (non-hydrogen) atoms. The van der Waals surface area contributed by atoms with E-state index in [0.29, 0.717) is 0 Å². The lowest BCUT2D eigenvalue weighted by molar-refractivity contribution is -0.130. The highest BCUT2D eigenvalue weighted by atomic mass is 16.6. The predicted octanol–water partition coefficient (Wildman–Crippen LogP) is 0.562. The lowest BCUT2D eigenvalue weighted by atomic mass is 10.2. The van der Waals surface area contributed by atoms with Crippen LogP contribution < -0.4 is 10.6 Å². The zero-order valence-corrected chi connectivity index (χ0v) is 10.2. The third-order valence-corrected chi connectivity index (χ3v) is 1.43. The lowest BCUT2D eigenvalue weighted by Gasteiger charge is -2.21. The van der Waals surface area contributed by atoms with Crippen LogP contribution in [-0.4, -0.2) is 29.6 Å². The summed E-state index contributed by atoms with van der Waals surface area (Å²) in [6.07, 6.45) is -0.696. The number of imide groups is 1. The normalized spacial score (nSPS) is 12.6. The zero-order chi connectivity index (χ0) is 12.9. The number of nitrogens with one attached hydrogen (secondary N) is 2. The van der Waals surface area contributed by atoms with Gasteiger partial charge in [0.1, 0.15) is 11.6 Å². The Morgan fingerprint density at radius 2 is 1.69 bits per heavy atom. The van der Waals surface area contributed by atoms with Crippen molar-refractivity contribution >= 4 is 17.9 Å². The monoisotopic (exact) mass is 230 g/mol. The molecule has 0 radical (unpaired) electrons. The molecule has 0 rings (SSSR count). The molecule has 0 aliphatic carbocycles. The summed E-state index contributed by atoms with van der Waals surface area (Å²) in [6.45, 7) is 7.83. The van der Waals surface area contributed by atoms with Gasteiger partial charge in [0.25, 0.3) is 0 Å². The van der Waals surface area contributed by atoms with Crippen LogP contribution in [0, 0.1) is 0 Å². The van der Waals surface area contributed by atoms with Gasteiger partial charge in [-0.25, -0.2) is 4.79 Å². The maximum atomic E-state index is 11.3. The summed E-state index contributed by atoms with van der Waals surface area (Å²) in [6, 6.07) is -0.821. The molecule has 0 aromatic rings. The molecule has 0 aliphatic heterocycles. The first-order valence-electron chi connectivity index (χ1n) is 4.93. The topological polar surface area (TPSA) is 84.5 Å². The zero-order valence-electron chi connectivity index (χ0n) is 10.2. The third-order valence-electron chi connectivity index (χ3n) is 1.43. The van der Waals surface area contributed by atoms with Gasteiger partial charge in [0.05, 0.1) is 0 Å². The van der Waals surface area contributed by atoms with Crippen LogP contribution in [0.3, 0.4) is 0 Å². The minimum absolute atomic E-state index is 0.470. The Labute approximate surface area is 94.7 Å². The minimum atomic E-state index is -0.821. The molecule has 0 aliphatic rings. The molecule has 0 aromatic heterocycles. The molecule has 0 spiro atoms. The molecule has 0 aromatic carbocycles. The summed E-state index contributed by atoms with van der Waals surface area (Å²) in [5, 5.41) is 4.38. The van der Waals surface area contributed by atoms with Crippen LogP contribution in [0.1, 0.15) is 34.6 Å². The Balaban J connectivity index is 4.14. The van der Waals surface area contributed by atoms with Gasteiger partial charge in [-0.3, -0.25) is 14.9 Å². The standard InChI is InChI=1S/C10H18N2O4/c1-6(8(14)12-7(2)13)11-9(15)16-10(3,4)5/h6H,1-5H3,(H,11,15)(H,12,13,14)/t6-/m0/s1. The van der Waals surface area contributed by atoms with Crippen molar-refractivity contribution in [3.63, 3.8) is 0 Å². The second-order valence-electron chi connectivity index (χ2n) is 4.41. The molecule has 92 valence electrons. The molecule has 0 heterocycles. The first-order chi connectivity index (χ1) is 7.11. The SMILES string of the molecule is CC(=O)NC(=O)[C@H](C)NC(=O)OC(C)(C)C. The number of amides is 3. The van der Waals surface area contributed by atoms with E-state index in [4.69, 9.17) is 4.74 Å². The summed E-state index contributed by atoms with van der Waals surface area (Å²) in [7, 11) is 0. The van der Waals surface area contributed by atoms with Crippen LogP contribution in [0.4, 0.5) is 4.79 Å². The lowest BCUT2D eigenvalue weighted by Crippen LogP contribution is -2.47. The van der Waals surface area contributed by atoms with E-state index in [2.05, 4.69) is 10.6 Å². The molecule has 0 fully saturated rings. The van der Waals surface area contributed by atoms with Gasteiger partial charge in [0.2, 0.25) is 11.8 Å². The molecular weight excluding hydrogens is 212 g/mol. The van der Waals surface area contributed by atoms with E-state index in [1.165, 1.54) is 13.8 Å². The number of rotatable bonds is 2. The van der Waals surface area contributed by atoms with E-state index in [1.54, 1.807) is 20.8 Å². The highest BCUT2D eigenvalue weighted by Gasteiger charge is 2.21. The van der Waals surface area contributed by atoms with Gasteiger partial charge < -0.3 is 10.1 Å². The molecule has 6 heteroatoms. The molecule has 2 N–H and O–H groups in total. The van der Waals surface area contributed by atoms with E-state index in [1.807, 2.05) is 0 Å². The fourth-order valence-corrected chi connectivity index (χ4v) is 0.832. The average molecular weight is 230 g/mol. The van der Waals surface area contributed by atoms with Crippen molar-refractivity contribution in [1.29, 1.82) is 0 Å². The smallest absolute Gasteiger partial charge is 0.408 e. The first kappa shape index (κ1) is 14.4. The Morgan fingerprint density at radius 3 is 2.06 bits per heavy atom. The van der Waals surface area contributed by atoms with Crippen molar-refractivity contribution in [3.05, 3.63) is 0 Å². The van der Waals surface area contributed by atoms with E-state index in [0.717, 1.165) is 0 Å². The van der Waals surface area contributed by atoms with Gasteiger partial charge in [-0.05, 0) is 27.7 Å². The Bertz CT molecular complexity index is 294. The fraction of sp³-hybridized carbons (Fsp3) is 0.700. The summed E-state index contributed by atoms with van der Waals surface area (Å²) < 4.78 is 4.95. The summed E-state index contributed by atoms with van der Waals surface area (Å²) in [4.78, 5) is 33.1. The van der Waals surface area contributed by atoms with Crippen LogP contribution in [0.15, 0.2) is 0 Å². The largest absolute Gasteiger partial charge is 0.444 e. The van der Waals surface area contributed by atoms with Crippen LogP contribution in [0.2, 0.25) is 0 Å². The highest BCUT2D eigenvalue weighted by Crippen LogP contribution is 2.06.